The third kappa shape index (κ3) is 2.88. The highest BCUT2D eigenvalue weighted by molar-refractivity contribution is 5.49. The Morgan fingerprint density at radius 1 is 1.21 bits per heavy atom. The number of benzene rings is 1. The van der Waals surface area contributed by atoms with Crippen molar-refractivity contribution in [3.8, 4) is 11.5 Å². The topological polar surface area (TPSA) is 39.5 Å². The molecule has 2 aromatic rings. The van der Waals surface area contributed by atoms with Crippen LogP contribution in [0.4, 0.5) is 0 Å². The van der Waals surface area contributed by atoms with Gasteiger partial charge in [0.2, 0.25) is 0 Å². The Morgan fingerprint density at radius 3 is 3.04 bits per heavy atom. The molecule has 0 aliphatic carbocycles. The van der Waals surface area contributed by atoms with Crippen LogP contribution in [0.15, 0.2) is 30.5 Å². The summed E-state index contributed by atoms with van der Waals surface area (Å²) in [5.74, 6) is 1.86. The smallest absolute Gasteiger partial charge is 0.166 e. The van der Waals surface area contributed by atoms with Crippen LogP contribution in [-0.2, 0) is 13.0 Å². The summed E-state index contributed by atoms with van der Waals surface area (Å²) in [6.07, 6.45) is 5.37. The van der Waals surface area contributed by atoms with Crippen LogP contribution in [0.25, 0.3) is 0 Å². The minimum atomic E-state index is 0.430. The zero-order chi connectivity index (χ0) is 16.4. The largest absolute Gasteiger partial charge is 0.486 e. The van der Waals surface area contributed by atoms with E-state index in [1.165, 1.54) is 24.1 Å². The van der Waals surface area contributed by atoms with Crippen LogP contribution in [0, 0.1) is 0 Å². The van der Waals surface area contributed by atoms with Crippen molar-refractivity contribution in [1.29, 1.82) is 0 Å². The average molecular weight is 327 g/mol. The second kappa shape index (κ2) is 6.85. The normalized spacial score (nSPS) is 20.5. The summed E-state index contributed by atoms with van der Waals surface area (Å²) < 4.78 is 13.8. The standard InChI is InChI=1S/C19H25N3O2/c1-2-22-15(8-10-20-22)9-12-21-11-4-6-17(21)16-5-3-7-18-19(16)24-14-13-23-18/h3,5,7-8,10,17H,2,4,6,9,11-14H2,1H3/t17-/m1/s1. The van der Waals surface area contributed by atoms with Gasteiger partial charge in [0.05, 0.1) is 0 Å². The molecule has 3 heterocycles. The van der Waals surface area contributed by atoms with Gasteiger partial charge in [0.25, 0.3) is 0 Å². The van der Waals surface area contributed by atoms with Crippen LogP contribution in [-0.4, -0.2) is 41.0 Å². The Kier molecular flexibility index (Phi) is 4.43. The lowest BCUT2D eigenvalue weighted by atomic mass is 10.0. The molecule has 0 amide bonds. The van der Waals surface area contributed by atoms with E-state index in [9.17, 15) is 0 Å². The Bertz CT molecular complexity index is 698. The fourth-order valence-electron chi connectivity index (χ4n) is 3.92. The Balaban J connectivity index is 1.51. The minimum Gasteiger partial charge on any atom is -0.486 e. The molecule has 0 unspecified atom stereocenters. The number of aromatic nitrogens is 2. The summed E-state index contributed by atoms with van der Waals surface area (Å²) in [4.78, 5) is 2.58. The summed E-state index contributed by atoms with van der Waals surface area (Å²) in [6.45, 7) is 6.57. The van der Waals surface area contributed by atoms with Gasteiger partial charge < -0.3 is 9.47 Å². The third-order valence-electron chi connectivity index (χ3n) is 5.08. The lowest BCUT2D eigenvalue weighted by molar-refractivity contribution is 0.164. The van der Waals surface area contributed by atoms with Crippen molar-refractivity contribution in [3.63, 3.8) is 0 Å². The molecule has 5 nitrogen and oxygen atoms in total. The maximum absolute atomic E-state index is 5.94. The molecule has 5 heteroatoms. The molecule has 128 valence electrons. The fraction of sp³-hybridized carbons (Fsp3) is 0.526. The first-order valence-corrected chi connectivity index (χ1v) is 9.00. The summed E-state index contributed by atoms with van der Waals surface area (Å²) in [5.41, 5.74) is 2.60. The molecule has 1 atom stereocenters. The van der Waals surface area contributed by atoms with Gasteiger partial charge in [-0.2, -0.15) is 5.10 Å². The predicted octanol–water partition coefficient (Wildman–Crippen LogP) is 3.05. The predicted molar refractivity (Wildman–Crippen MR) is 92.6 cm³/mol. The van der Waals surface area contributed by atoms with E-state index in [0.717, 1.165) is 37.6 Å². The molecule has 0 N–H and O–H groups in total. The number of hydrogen-bond donors (Lipinski definition) is 0. The zero-order valence-electron chi connectivity index (χ0n) is 14.3. The molecule has 1 aromatic heterocycles. The van der Waals surface area contributed by atoms with Gasteiger partial charge in [0.1, 0.15) is 13.2 Å². The van der Waals surface area contributed by atoms with Crippen molar-refractivity contribution >= 4 is 0 Å². The molecule has 4 rings (SSSR count). The number of aryl methyl sites for hydroxylation is 1. The summed E-state index contributed by atoms with van der Waals surface area (Å²) in [5, 5.41) is 4.38. The number of likely N-dealkylation sites (tertiary alicyclic amines) is 1. The van der Waals surface area contributed by atoms with Crippen LogP contribution in [0.2, 0.25) is 0 Å². The van der Waals surface area contributed by atoms with Crippen LogP contribution in [0.5, 0.6) is 11.5 Å². The van der Waals surface area contributed by atoms with Gasteiger partial charge in [-0.1, -0.05) is 12.1 Å². The number of ether oxygens (including phenoxy) is 2. The SMILES string of the molecule is CCn1nccc1CCN1CCC[C@@H]1c1cccc2c1OCCO2. The van der Waals surface area contributed by atoms with Gasteiger partial charge in [-0.15, -0.1) is 0 Å². The number of rotatable bonds is 5. The van der Waals surface area contributed by atoms with E-state index >= 15 is 0 Å². The molecule has 1 saturated heterocycles. The van der Waals surface area contributed by atoms with Gasteiger partial charge in [-0.3, -0.25) is 9.58 Å². The second-order valence-electron chi connectivity index (χ2n) is 6.45. The molecule has 0 saturated carbocycles. The van der Waals surface area contributed by atoms with E-state index in [2.05, 4.69) is 39.8 Å². The molecular weight excluding hydrogens is 302 g/mol. The van der Waals surface area contributed by atoms with E-state index in [-0.39, 0.29) is 0 Å². The lowest BCUT2D eigenvalue weighted by Crippen LogP contribution is -2.27. The first-order chi connectivity index (χ1) is 11.9. The van der Waals surface area contributed by atoms with Crippen LogP contribution in [0.1, 0.15) is 37.1 Å². The highest BCUT2D eigenvalue weighted by Crippen LogP contribution is 2.42. The van der Waals surface area contributed by atoms with Crippen molar-refractivity contribution in [2.45, 2.75) is 38.8 Å². The van der Waals surface area contributed by atoms with Gasteiger partial charge in [-0.25, -0.2) is 0 Å². The number of fused-ring (bicyclic) bond motifs is 1. The molecule has 24 heavy (non-hydrogen) atoms. The number of nitrogens with zero attached hydrogens (tertiary/aromatic N) is 3. The second-order valence-corrected chi connectivity index (χ2v) is 6.45. The van der Waals surface area contributed by atoms with E-state index in [1.54, 1.807) is 0 Å². The van der Waals surface area contributed by atoms with Crippen molar-refractivity contribution in [2.24, 2.45) is 0 Å². The quantitative estimate of drug-likeness (QED) is 0.846. The van der Waals surface area contributed by atoms with Gasteiger partial charge in [-0.05, 0) is 38.4 Å². The van der Waals surface area contributed by atoms with Gasteiger partial charge in [0.15, 0.2) is 11.5 Å². The van der Waals surface area contributed by atoms with Gasteiger partial charge >= 0.3 is 0 Å². The first-order valence-electron chi connectivity index (χ1n) is 9.00. The van der Waals surface area contributed by atoms with Crippen molar-refractivity contribution in [3.05, 3.63) is 41.7 Å². The molecule has 0 radical (unpaired) electrons. The lowest BCUT2D eigenvalue weighted by Gasteiger charge is -2.28. The highest BCUT2D eigenvalue weighted by Gasteiger charge is 2.30. The van der Waals surface area contributed by atoms with Crippen molar-refractivity contribution < 1.29 is 9.47 Å². The monoisotopic (exact) mass is 327 g/mol. The summed E-state index contributed by atoms with van der Waals surface area (Å²) in [6, 6.07) is 8.87. The first kappa shape index (κ1) is 15.5. The minimum absolute atomic E-state index is 0.430. The van der Waals surface area contributed by atoms with Crippen molar-refractivity contribution in [2.75, 3.05) is 26.3 Å². The molecule has 1 fully saturated rings. The Hall–Kier alpha value is -2.01. The van der Waals surface area contributed by atoms with Crippen molar-refractivity contribution in [1.82, 2.24) is 14.7 Å². The van der Waals surface area contributed by atoms with E-state index < -0.39 is 0 Å². The third-order valence-corrected chi connectivity index (χ3v) is 5.08. The molecule has 0 spiro atoms. The summed E-state index contributed by atoms with van der Waals surface area (Å²) >= 11 is 0. The van der Waals surface area contributed by atoms with E-state index in [4.69, 9.17) is 9.47 Å². The summed E-state index contributed by atoms with van der Waals surface area (Å²) in [7, 11) is 0. The highest BCUT2D eigenvalue weighted by atomic mass is 16.6. The van der Waals surface area contributed by atoms with Gasteiger partial charge in [0, 0.05) is 43.0 Å². The Labute approximate surface area is 143 Å². The molecule has 0 bridgehead atoms. The molecular formula is C19H25N3O2. The van der Waals surface area contributed by atoms with Crippen LogP contribution >= 0.6 is 0 Å². The average Bonchev–Trinajstić information content (AvgIpc) is 3.28. The van der Waals surface area contributed by atoms with E-state index in [1.807, 2.05) is 12.3 Å². The number of para-hydroxylation sites is 1. The maximum Gasteiger partial charge on any atom is 0.166 e. The Morgan fingerprint density at radius 2 is 2.12 bits per heavy atom. The molecule has 1 aromatic carbocycles. The molecule has 2 aliphatic heterocycles. The molecule has 2 aliphatic rings. The fourth-order valence-corrected chi connectivity index (χ4v) is 3.92. The van der Waals surface area contributed by atoms with Crippen LogP contribution < -0.4 is 9.47 Å². The van der Waals surface area contributed by atoms with Crippen LogP contribution in [0.3, 0.4) is 0 Å². The zero-order valence-corrected chi connectivity index (χ0v) is 14.3. The maximum atomic E-state index is 5.94. The number of hydrogen-bond acceptors (Lipinski definition) is 4. The van der Waals surface area contributed by atoms with E-state index in [0.29, 0.717) is 19.3 Å².